The van der Waals surface area contributed by atoms with Crippen molar-refractivity contribution in [3.63, 3.8) is 0 Å². The van der Waals surface area contributed by atoms with E-state index in [0.717, 1.165) is 11.4 Å². The molecular weight excluding hydrogens is 276 g/mol. The Labute approximate surface area is 120 Å². The summed E-state index contributed by atoms with van der Waals surface area (Å²) in [5, 5.41) is 14.9. The lowest BCUT2D eigenvalue weighted by molar-refractivity contribution is 0.102. The van der Waals surface area contributed by atoms with E-state index in [1.165, 1.54) is 23.7 Å². The molecule has 0 aliphatic heterocycles. The number of nitrogens with one attached hydrogen (secondary N) is 2. The summed E-state index contributed by atoms with van der Waals surface area (Å²) in [6.45, 7) is 4.22. The maximum atomic E-state index is 12.0. The van der Waals surface area contributed by atoms with Gasteiger partial charge in [-0.15, -0.1) is 10.2 Å². The van der Waals surface area contributed by atoms with Crippen LogP contribution in [0.4, 0.5) is 10.9 Å². The third kappa shape index (κ3) is 3.70. The normalized spacial score (nSPS) is 10.6. The molecule has 0 unspecified atom stereocenters. The average Bonchev–Trinajstić information content (AvgIpc) is 2.85. The minimum Gasteiger partial charge on any atom is -0.372 e. The lowest BCUT2D eigenvalue weighted by atomic mass is 10.1. The first-order valence-corrected chi connectivity index (χ1v) is 7.03. The van der Waals surface area contributed by atoms with E-state index in [4.69, 9.17) is 0 Å². The molecule has 7 nitrogen and oxygen atoms in total. The summed E-state index contributed by atoms with van der Waals surface area (Å²) in [7, 11) is 1.74. The van der Waals surface area contributed by atoms with Crippen LogP contribution in [-0.2, 0) is 6.42 Å². The van der Waals surface area contributed by atoms with Gasteiger partial charge in [-0.1, -0.05) is 25.2 Å². The highest BCUT2D eigenvalue weighted by Gasteiger charge is 2.12. The molecule has 1 amide bonds. The molecule has 0 saturated heterocycles. The SMILES string of the molecule is CNc1cnc(C(=O)Nc2nnc(CC(C)C)s2)cn1. The molecular formula is C12H16N6OS. The largest absolute Gasteiger partial charge is 0.372 e. The molecule has 2 heterocycles. The van der Waals surface area contributed by atoms with E-state index < -0.39 is 0 Å². The Balaban J connectivity index is 2.01. The number of aromatic nitrogens is 4. The number of amides is 1. The van der Waals surface area contributed by atoms with Crippen molar-refractivity contribution < 1.29 is 4.79 Å². The second-order valence-corrected chi connectivity index (χ2v) is 5.65. The third-order valence-electron chi connectivity index (χ3n) is 2.41. The number of rotatable bonds is 5. The molecule has 2 rings (SSSR count). The maximum Gasteiger partial charge on any atom is 0.277 e. The Kier molecular flexibility index (Phi) is 4.57. The molecule has 0 fully saturated rings. The first kappa shape index (κ1) is 14.3. The highest BCUT2D eigenvalue weighted by atomic mass is 32.1. The van der Waals surface area contributed by atoms with E-state index in [0.29, 0.717) is 16.9 Å². The van der Waals surface area contributed by atoms with Gasteiger partial charge in [0.1, 0.15) is 16.5 Å². The summed E-state index contributed by atoms with van der Waals surface area (Å²) < 4.78 is 0. The fourth-order valence-electron chi connectivity index (χ4n) is 1.47. The molecule has 0 saturated carbocycles. The first-order valence-electron chi connectivity index (χ1n) is 6.22. The van der Waals surface area contributed by atoms with Gasteiger partial charge in [0.15, 0.2) is 0 Å². The molecule has 2 aromatic heterocycles. The van der Waals surface area contributed by atoms with Crippen LogP contribution in [0.3, 0.4) is 0 Å². The molecule has 2 N–H and O–H groups in total. The van der Waals surface area contributed by atoms with Gasteiger partial charge in [-0.05, 0) is 5.92 Å². The summed E-state index contributed by atoms with van der Waals surface area (Å²) in [6, 6.07) is 0. The van der Waals surface area contributed by atoms with Gasteiger partial charge in [0, 0.05) is 13.5 Å². The molecule has 20 heavy (non-hydrogen) atoms. The van der Waals surface area contributed by atoms with E-state index in [1.807, 2.05) is 0 Å². The second kappa shape index (κ2) is 6.38. The molecule has 0 radical (unpaired) electrons. The van der Waals surface area contributed by atoms with Crippen molar-refractivity contribution in [2.75, 3.05) is 17.7 Å². The van der Waals surface area contributed by atoms with Crippen molar-refractivity contribution in [2.24, 2.45) is 5.92 Å². The molecule has 0 aromatic carbocycles. The van der Waals surface area contributed by atoms with Crippen LogP contribution in [0.5, 0.6) is 0 Å². The number of carbonyl (C=O) groups is 1. The van der Waals surface area contributed by atoms with Crippen molar-refractivity contribution in [2.45, 2.75) is 20.3 Å². The summed E-state index contributed by atoms with van der Waals surface area (Å²) in [5.74, 6) is 0.774. The standard InChI is InChI=1S/C12H16N6OS/c1-7(2)4-10-17-18-12(20-10)16-11(19)8-5-15-9(13-3)6-14-8/h5-7H,4H2,1-3H3,(H,13,15)(H,16,18,19). The van der Waals surface area contributed by atoms with Crippen LogP contribution >= 0.6 is 11.3 Å². The highest BCUT2D eigenvalue weighted by molar-refractivity contribution is 7.15. The molecule has 106 valence electrons. The number of hydrogen-bond donors (Lipinski definition) is 2. The number of carbonyl (C=O) groups excluding carboxylic acids is 1. The minimum atomic E-state index is -0.340. The maximum absolute atomic E-state index is 12.0. The van der Waals surface area contributed by atoms with Crippen molar-refractivity contribution in [3.05, 3.63) is 23.1 Å². The van der Waals surface area contributed by atoms with Crippen LogP contribution in [0.25, 0.3) is 0 Å². The molecule has 0 aliphatic carbocycles. The summed E-state index contributed by atoms with van der Waals surface area (Å²) in [6.07, 6.45) is 3.76. The molecule has 0 aliphatic rings. The second-order valence-electron chi connectivity index (χ2n) is 4.59. The van der Waals surface area contributed by atoms with Gasteiger partial charge in [0.2, 0.25) is 5.13 Å². The predicted octanol–water partition coefficient (Wildman–Crippen LogP) is 1.82. The number of hydrogen-bond acceptors (Lipinski definition) is 7. The van der Waals surface area contributed by atoms with Gasteiger partial charge in [-0.3, -0.25) is 10.1 Å². The van der Waals surface area contributed by atoms with Crippen LogP contribution in [0.2, 0.25) is 0 Å². The number of anilines is 2. The highest BCUT2D eigenvalue weighted by Crippen LogP contribution is 2.18. The van der Waals surface area contributed by atoms with E-state index in [1.54, 1.807) is 7.05 Å². The van der Waals surface area contributed by atoms with Crippen LogP contribution in [0.1, 0.15) is 29.3 Å². The Morgan fingerprint density at radius 2 is 2.10 bits per heavy atom. The topological polar surface area (TPSA) is 92.7 Å². The fourth-order valence-corrected chi connectivity index (χ4v) is 2.42. The van der Waals surface area contributed by atoms with Crippen LogP contribution in [0.15, 0.2) is 12.4 Å². The van der Waals surface area contributed by atoms with Gasteiger partial charge in [0.25, 0.3) is 5.91 Å². The van der Waals surface area contributed by atoms with Gasteiger partial charge in [-0.2, -0.15) is 0 Å². The van der Waals surface area contributed by atoms with Crippen molar-refractivity contribution in [3.8, 4) is 0 Å². The average molecular weight is 292 g/mol. The van der Waals surface area contributed by atoms with Gasteiger partial charge >= 0.3 is 0 Å². The first-order chi connectivity index (χ1) is 9.58. The zero-order valence-electron chi connectivity index (χ0n) is 11.5. The van der Waals surface area contributed by atoms with Crippen LogP contribution in [0, 0.1) is 5.92 Å². The Morgan fingerprint density at radius 3 is 2.70 bits per heavy atom. The zero-order valence-corrected chi connectivity index (χ0v) is 12.4. The zero-order chi connectivity index (χ0) is 14.5. The Bertz CT molecular complexity index is 580. The van der Waals surface area contributed by atoms with Crippen molar-refractivity contribution in [1.29, 1.82) is 0 Å². The molecule has 8 heteroatoms. The lowest BCUT2D eigenvalue weighted by Crippen LogP contribution is -2.14. The molecule has 0 spiro atoms. The lowest BCUT2D eigenvalue weighted by Gasteiger charge is -2.01. The quantitative estimate of drug-likeness (QED) is 0.873. The van der Waals surface area contributed by atoms with Crippen molar-refractivity contribution >= 4 is 28.2 Å². The summed E-state index contributed by atoms with van der Waals surface area (Å²) >= 11 is 1.38. The Hall–Kier alpha value is -2.09. The fraction of sp³-hybridized carbons (Fsp3) is 0.417. The summed E-state index contributed by atoms with van der Waals surface area (Å²) in [5.41, 5.74) is 0.240. The molecule has 0 atom stereocenters. The van der Waals surface area contributed by atoms with Crippen LogP contribution in [-0.4, -0.2) is 33.1 Å². The van der Waals surface area contributed by atoms with Crippen molar-refractivity contribution in [1.82, 2.24) is 20.2 Å². The molecule has 0 bridgehead atoms. The van der Waals surface area contributed by atoms with E-state index >= 15 is 0 Å². The summed E-state index contributed by atoms with van der Waals surface area (Å²) in [4.78, 5) is 20.0. The third-order valence-corrected chi connectivity index (χ3v) is 3.27. The minimum absolute atomic E-state index is 0.240. The van der Waals surface area contributed by atoms with E-state index in [9.17, 15) is 4.79 Å². The van der Waals surface area contributed by atoms with Crippen LogP contribution < -0.4 is 10.6 Å². The smallest absolute Gasteiger partial charge is 0.277 e. The van der Waals surface area contributed by atoms with Gasteiger partial charge in [-0.25, -0.2) is 9.97 Å². The van der Waals surface area contributed by atoms with Gasteiger partial charge in [0.05, 0.1) is 12.4 Å². The molecule has 2 aromatic rings. The van der Waals surface area contributed by atoms with E-state index in [2.05, 4.69) is 44.6 Å². The Morgan fingerprint density at radius 1 is 1.30 bits per heavy atom. The van der Waals surface area contributed by atoms with E-state index in [-0.39, 0.29) is 11.6 Å². The van der Waals surface area contributed by atoms with Gasteiger partial charge < -0.3 is 5.32 Å². The predicted molar refractivity (Wildman–Crippen MR) is 78.0 cm³/mol. The monoisotopic (exact) mass is 292 g/mol. The number of nitrogens with zero attached hydrogens (tertiary/aromatic N) is 4.